The molecule has 2 N–H and O–H groups in total. The first-order valence-corrected chi connectivity index (χ1v) is 4.49. The first kappa shape index (κ1) is 9.20. The van der Waals surface area contributed by atoms with E-state index in [0.717, 1.165) is 18.5 Å². The van der Waals surface area contributed by atoms with E-state index in [9.17, 15) is 0 Å². The van der Waals surface area contributed by atoms with Gasteiger partial charge in [-0.2, -0.15) is 0 Å². The molecule has 0 aliphatic heterocycles. The number of aromatic nitrogens is 1. The van der Waals surface area contributed by atoms with Crippen molar-refractivity contribution in [3.05, 3.63) is 29.6 Å². The predicted molar refractivity (Wildman–Crippen MR) is 50.8 cm³/mol. The molecular weight excluding hydrogens is 148 g/mol. The maximum atomic E-state index is 5.91. The molecule has 0 amide bonds. The van der Waals surface area contributed by atoms with Crippen molar-refractivity contribution in [2.75, 3.05) is 0 Å². The molecule has 66 valence electrons. The molecule has 0 saturated heterocycles. The van der Waals surface area contributed by atoms with Gasteiger partial charge in [-0.05, 0) is 24.5 Å². The van der Waals surface area contributed by atoms with Gasteiger partial charge in [-0.3, -0.25) is 4.98 Å². The number of pyridine rings is 1. The Hall–Kier alpha value is -0.890. The van der Waals surface area contributed by atoms with E-state index in [-0.39, 0.29) is 6.04 Å². The largest absolute Gasteiger partial charge is 0.323 e. The van der Waals surface area contributed by atoms with Gasteiger partial charge in [0.05, 0.1) is 5.69 Å². The Balaban J connectivity index is 2.96. The highest BCUT2D eigenvalue weighted by Gasteiger charge is 2.07. The number of nitrogens with two attached hydrogens (primary N) is 1. The summed E-state index contributed by atoms with van der Waals surface area (Å²) in [4.78, 5) is 4.30. The molecule has 1 rings (SSSR count). The van der Waals surface area contributed by atoms with E-state index >= 15 is 0 Å². The van der Waals surface area contributed by atoms with Crippen LogP contribution in [0.2, 0.25) is 0 Å². The van der Waals surface area contributed by atoms with Gasteiger partial charge in [0.1, 0.15) is 0 Å². The molecule has 1 aromatic heterocycles. The summed E-state index contributed by atoms with van der Waals surface area (Å²) in [7, 11) is 0. The molecule has 1 atom stereocenters. The van der Waals surface area contributed by atoms with Gasteiger partial charge in [0.15, 0.2) is 0 Å². The summed E-state index contributed by atoms with van der Waals surface area (Å²) >= 11 is 0. The lowest BCUT2D eigenvalue weighted by Gasteiger charge is -2.11. The molecule has 0 aromatic carbocycles. The highest BCUT2D eigenvalue weighted by Crippen LogP contribution is 2.15. The lowest BCUT2D eigenvalue weighted by Crippen LogP contribution is -2.12. The van der Waals surface area contributed by atoms with Crippen molar-refractivity contribution in [1.82, 2.24) is 4.98 Å². The Labute approximate surface area is 73.8 Å². The summed E-state index contributed by atoms with van der Waals surface area (Å²) in [5, 5.41) is 0. The quantitative estimate of drug-likeness (QED) is 0.742. The van der Waals surface area contributed by atoms with Gasteiger partial charge in [-0.1, -0.05) is 19.9 Å². The fourth-order valence-corrected chi connectivity index (χ4v) is 1.28. The molecule has 0 fully saturated rings. The Bertz CT molecular complexity index is 245. The molecule has 0 bridgehead atoms. The monoisotopic (exact) mass is 164 g/mol. The minimum Gasteiger partial charge on any atom is -0.323 e. The van der Waals surface area contributed by atoms with E-state index in [1.165, 1.54) is 5.56 Å². The number of aryl methyl sites for hydroxylation is 1. The summed E-state index contributed by atoms with van der Waals surface area (Å²) in [5.41, 5.74) is 8.24. The summed E-state index contributed by atoms with van der Waals surface area (Å²) in [6.07, 6.45) is 3.77. The third-order valence-corrected chi connectivity index (χ3v) is 2.10. The maximum absolute atomic E-state index is 5.91. The van der Waals surface area contributed by atoms with Crippen LogP contribution in [0.1, 0.15) is 37.6 Å². The van der Waals surface area contributed by atoms with Crippen molar-refractivity contribution in [3.63, 3.8) is 0 Å². The minimum absolute atomic E-state index is 0.0983. The number of hydrogen-bond donors (Lipinski definition) is 1. The lowest BCUT2D eigenvalue weighted by atomic mass is 10.0. The van der Waals surface area contributed by atoms with Crippen LogP contribution in [-0.2, 0) is 6.42 Å². The number of rotatable bonds is 3. The average molecular weight is 164 g/mol. The zero-order valence-corrected chi connectivity index (χ0v) is 7.75. The second kappa shape index (κ2) is 4.21. The topological polar surface area (TPSA) is 38.9 Å². The predicted octanol–water partition coefficient (Wildman–Crippen LogP) is 2.05. The van der Waals surface area contributed by atoms with Crippen molar-refractivity contribution in [3.8, 4) is 0 Å². The lowest BCUT2D eigenvalue weighted by molar-refractivity contribution is 0.665. The van der Waals surface area contributed by atoms with E-state index in [2.05, 4.69) is 24.9 Å². The zero-order chi connectivity index (χ0) is 8.97. The van der Waals surface area contributed by atoms with Gasteiger partial charge in [-0.15, -0.1) is 0 Å². The van der Waals surface area contributed by atoms with Crippen LogP contribution in [0.25, 0.3) is 0 Å². The maximum Gasteiger partial charge on any atom is 0.0602 e. The molecule has 0 unspecified atom stereocenters. The van der Waals surface area contributed by atoms with Gasteiger partial charge >= 0.3 is 0 Å². The normalized spacial score (nSPS) is 12.9. The fourth-order valence-electron chi connectivity index (χ4n) is 1.28. The van der Waals surface area contributed by atoms with E-state index < -0.39 is 0 Å². The van der Waals surface area contributed by atoms with E-state index in [0.29, 0.717) is 0 Å². The zero-order valence-electron chi connectivity index (χ0n) is 7.75. The summed E-state index contributed by atoms with van der Waals surface area (Å²) < 4.78 is 0. The highest BCUT2D eigenvalue weighted by molar-refractivity contribution is 5.22. The van der Waals surface area contributed by atoms with Crippen LogP contribution in [-0.4, -0.2) is 4.98 Å². The Morgan fingerprint density at radius 3 is 2.83 bits per heavy atom. The summed E-state index contributed by atoms with van der Waals surface area (Å²) in [6.45, 7) is 4.21. The number of nitrogens with zero attached hydrogens (tertiary/aromatic N) is 1. The smallest absolute Gasteiger partial charge is 0.0602 e. The van der Waals surface area contributed by atoms with E-state index in [1.54, 1.807) is 0 Å². The van der Waals surface area contributed by atoms with Crippen molar-refractivity contribution < 1.29 is 0 Å². The van der Waals surface area contributed by atoms with Crippen LogP contribution >= 0.6 is 0 Å². The molecule has 0 spiro atoms. The standard InChI is InChI=1S/C10H16N2/c1-3-8-6-5-7-12-10(8)9(11)4-2/h5-7,9H,3-4,11H2,1-2H3/t9-/m0/s1. The average Bonchev–Trinajstić information content (AvgIpc) is 2.16. The number of hydrogen-bond acceptors (Lipinski definition) is 2. The van der Waals surface area contributed by atoms with Crippen molar-refractivity contribution >= 4 is 0 Å². The molecule has 1 aromatic rings. The van der Waals surface area contributed by atoms with Crippen LogP contribution in [0.3, 0.4) is 0 Å². The SMILES string of the molecule is CCc1cccnc1[C@@H](N)CC. The molecule has 2 nitrogen and oxygen atoms in total. The molecule has 0 radical (unpaired) electrons. The molecule has 1 heterocycles. The molecule has 12 heavy (non-hydrogen) atoms. The van der Waals surface area contributed by atoms with Gasteiger partial charge in [0.2, 0.25) is 0 Å². The molecule has 0 aliphatic rings. The molecular formula is C10H16N2. The van der Waals surface area contributed by atoms with Crippen molar-refractivity contribution in [1.29, 1.82) is 0 Å². The first-order valence-electron chi connectivity index (χ1n) is 4.49. The van der Waals surface area contributed by atoms with Crippen molar-refractivity contribution in [2.45, 2.75) is 32.7 Å². The van der Waals surface area contributed by atoms with E-state index in [1.807, 2.05) is 12.3 Å². The van der Waals surface area contributed by atoms with Crippen LogP contribution in [0.5, 0.6) is 0 Å². The Kier molecular flexibility index (Phi) is 3.23. The fraction of sp³-hybridized carbons (Fsp3) is 0.500. The van der Waals surface area contributed by atoms with Gasteiger partial charge in [-0.25, -0.2) is 0 Å². The van der Waals surface area contributed by atoms with Crippen LogP contribution in [0.15, 0.2) is 18.3 Å². The Morgan fingerprint density at radius 1 is 1.50 bits per heavy atom. The van der Waals surface area contributed by atoms with Crippen LogP contribution < -0.4 is 5.73 Å². The van der Waals surface area contributed by atoms with Crippen molar-refractivity contribution in [2.24, 2.45) is 5.73 Å². The Morgan fingerprint density at radius 2 is 2.25 bits per heavy atom. The van der Waals surface area contributed by atoms with Crippen LogP contribution in [0.4, 0.5) is 0 Å². The van der Waals surface area contributed by atoms with Gasteiger partial charge in [0, 0.05) is 12.2 Å². The minimum atomic E-state index is 0.0983. The van der Waals surface area contributed by atoms with E-state index in [4.69, 9.17) is 5.73 Å². The summed E-state index contributed by atoms with van der Waals surface area (Å²) in [5.74, 6) is 0. The highest BCUT2D eigenvalue weighted by atomic mass is 14.8. The third-order valence-electron chi connectivity index (χ3n) is 2.10. The molecule has 2 heteroatoms. The summed E-state index contributed by atoms with van der Waals surface area (Å²) in [6, 6.07) is 4.16. The molecule has 0 saturated carbocycles. The van der Waals surface area contributed by atoms with Gasteiger partial charge < -0.3 is 5.73 Å². The van der Waals surface area contributed by atoms with Crippen LogP contribution in [0, 0.1) is 0 Å². The van der Waals surface area contributed by atoms with Gasteiger partial charge in [0.25, 0.3) is 0 Å². The second-order valence-corrected chi connectivity index (χ2v) is 2.92. The first-order chi connectivity index (χ1) is 5.79. The second-order valence-electron chi connectivity index (χ2n) is 2.92. The molecule has 0 aliphatic carbocycles. The third kappa shape index (κ3) is 1.83.